The zero-order chi connectivity index (χ0) is 51.4. The summed E-state index contributed by atoms with van der Waals surface area (Å²) >= 11 is 0. The second-order valence-corrected chi connectivity index (χ2v) is 19.2. The first kappa shape index (κ1) is 67.1. The summed E-state index contributed by atoms with van der Waals surface area (Å²) in [6.07, 6.45) is 79.3. The van der Waals surface area contributed by atoms with Crippen molar-refractivity contribution in [3.05, 3.63) is 109 Å². The molecule has 6 heteroatoms. The molecule has 0 bridgehead atoms. The Labute approximate surface area is 438 Å². The van der Waals surface area contributed by atoms with Crippen molar-refractivity contribution in [2.24, 2.45) is 0 Å². The summed E-state index contributed by atoms with van der Waals surface area (Å²) in [5, 5.41) is 0. The van der Waals surface area contributed by atoms with Crippen LogP contribution in [-0.4, -0.2) is 37.2 Å². The maximum Gasteiger partial charge on any atom is 0.306 e. The molecule has 0 aliphatic heterocycles. The summed E-state index contributed by atoms with van der Waals surface area (Å²) in [6, 6.07) is 0. The second kappa shape index (κ2) is 58.6. The minimum absolute atomic E-state index is 0.0998. The van der Waals surface area contributed by atoms with Gasteiger partial charge >= 0.3 is 17.9 Å². The molecule has 71 heavy (non-hydrogen) atoms. The van der Waals surface area contributed by atoms with E-state index >= 15 is 0 Å². The fourth-order valence-corrected chi connectivity index (χ4v) is 7.82. The van der Waals surface area contributed by atoms with Gasteiger partial charge < -0.3 is 14.2 Å². The van der Waals surface area contributed by atoms with Gasteiger partial charge in [0.1, 0.15) is 13.2 Å². The molecule has 0 spiro atoms. The molecular formula is C65H108O6. The molecule has 404 valence electrons. The predicted octanol–water partition coefficient (Wildman–Crippen LogP) is 19.9. The Morgan fingerprint density at radius 3 is 0.915 bits per heavy atom. The highest BCUT2D eigenvalue weighted by molar-refractivity contribution is 5.71. The van der Waals surface area contributed by atoms with E-state index in [1.807, 2.05) is 0 Å². The van der Waals surface area contributed by atoms with Gasteiger partial charge in [-0.1, -0.05) is 226 Å². The quantitative estimate of drug-likeness (QED) is 0.0261. The van der Waals surface area contributed by atoms with Gasteiger partial charge in [-0.15, -0.1) is 0 Å². The number of allylic oxidation sites excluding steroid dienone is 18. The summed E-state index contributed by atoms with van der Waals surface area (Å²) in [6.45, 7) is 6.45. The lowest BCUT2D eigenvalue weighted by Crippen LogP contribution is -2.30. The average Bonchev–Trinajstić information content (AvgIpc) is 3.37. The van der Waals surface area contributed by atoms with Crippen LogP contribution in [0.3, 0.4) is 0 Å². The van der Waals surface area contributed by atoms with Crippen LogP contribution >= 0.6 is 0 Å². The molecule has 6 nitrogen and oxygen atoms in total. The van der Waals surface area contributed by atoms with Crippen LogP contribution in [0.5, 0.6) is 0 Å². The normalized spacial score (nSPS) is 12.9. The largest absolute Gasteiger partial charge is 0.462 e. The predicted molar refractivity (Wildman–Crippen MR) is 307 cm³/mol. The van der Waals surface area contributed by atoms with E-state index in [1.165, 1.54) is 89.9 Å². The highest BCUT2D eigenvalue weighted by Gasteiger charge is 2.19. The van der Waals surface area contributed by atoms with E-state index in [-0.39, 0.29) is 31.1 Å². The molecule has 0 aliphatic rings. The molecule has 0 aliphatic carbocycles. The summed E-state index contributed by atoms with van der Waals surface area (Å²) in [7, 11) is 0. The van der Waals surface area contributed by atoms with E-state index in [0.29, 0.717) is 19.3 Å². The van der Waals surface area contributed by atoms with E-state index in [4.69, 9.17) is 14.2 Å². The van der Waals surface area contributed by atoms with Crippen LogP contribution in [0.1, 0.15) is 265 Å². The van der Waals surface area contributed by atoms with Crippen molar-refractivity contribution in [1.29, 1.82) is 0 Å². The topological polar surface area (TPSA) is 78.9 Å². The van der Waals surface area contributed by atoms with Crippen molar-refractivity contribution in [2.75, 3.05) is 13.2 Å². The third kappa shape index (κ3) is 56.9. The maximum atomic E-state index is 12.9. The lowest BCUT2D eigenvalue weighted by atomic mass is 10.1. The number of hydrogen-bond acceptors (Lipinski definition) is 6. The summed E-state index contributed by atoms with van der Waals surface area (Å²) in [5.41, 5.74) is 0. The molecule has 0 fully saturated rings. The number of unbranched alkanes of at least 4 members (excludes halogenated alkanes) is 23. The van der Waals surface area contributed by atoms with Crippen molar-refractivity contribution >= 4 is 17.9 Å². The Morgan fingerprint density at radius 1 is 0.296 bits per heavy atom. The van der Waals surface area contributed by atoms with Crippen molar-refractivity contribution in [3.8, 4) is 0 Å². The number of hydrogen-bond donors (Lipinski definition) is 0. The lowest BCUT2D eigenvalue weighted by molar-refractivity contribution is -0.167. The fourth-order valence-electron chi connectivity index (χ4n) is 7.82. The third-order valence-corrected chi connectivity index (χ3v) is 12.2. The molecule has 0 unspecified atom stereocenters. The second-order valence-electron chi connectivity index (χ2n) is 19.2. The Morgan fingerprint density at radius 2 is 0.549 bits per heavy atom. The zero-order valence-electron chi connectivity index (χ0n) is 46.2. The van der Waals surface area contributed by atoms with Crippen LogP contribution in [0, 0.1) is 0 Å². The van der Waals surface area contributed by atoms with E-state index in [0.717, 1.165) is 135 Å². The smallest absolute Gasteiger partial charge is 0.306 e. The van der Waals surface area contributed by atoms with Gasteiger partial charge in [0.2, 0.25) is 0 Å². The molecular weight excluding hydrogens is 877 g/mol. The van der Waals surface area contributed by atoms with E-state index in [9.17, 15) is 14.4 Å². The monoisotopic (exact) mass is 985 g/mol. The summed E-state index contributed by atoms with van der Waals surface area (Å²) < 4.78 is 16.8. The van der Waals surface area contributed by atoms with Gasteiger partial charge in [-0.05, 0) is 128 Å². The Kier molecular flexibility index (Phi) is 55.4. The van der Waals surface area contributed by atoms with Crippen LogP contribution in [0.2, 0.25) is 0 Å². The van der Waals surface area contributed by atoms with Crippen LogP contribution in [0.25, 0.3) is 0 Å². The molecule has 0 aromatic rings. The van der Waals surface area contributed by atoms with Crippen LogP contribution < -0.4 is 0 Å². The van der Waals surface area contributed by atoms with Crippen molar-refractivity contribution in [1.82, 2.24) is 0 Å². The van der Waals surface area contributed by atoms with Gasteiger partial charge in [0.25, 0.3) is 0 Å². The lowest BCUT2D eigenvalue weighted by Gasteiger charge is -2.18. The number of carbonyl (C=O) groups excluding carboxylic acids is 3. The van der Waals surface area contributed by atoms with Gasteiger partial charge in [-0.25, -0.2) is 0 Å². The molecule has 0 N–H and O–H groups in total. The summed E-state index contributed by atoms with van der Waals surface area (Å²) in [4.78, 5) is 38.2. The standard InChI is InChI=1S/C65H108O6/c1-4-7-10-13-16-19-22-25-28-30-32-34-37-40-43-46-49-52-55-58-64(67)70-61-62(60-69-63(66)57-54-51-48-45-42-39-36-27-24-21-18-15-12-9-6-3)71-65(68)59-56-53-50-47-44-41-38-35-33-31-29-26-23-20-17-14-11-8-5-2/h7,10,16-17,19-20,25-29,32-36,40,43,62H,4-6,8-9,11-15,18,21-24,30-31,37-39,41-42,44-61H2,1-3H3/b10-7-,19-16-,20-17-,28-25-,29-26-,34-32-,35-33-,36-27-,43-40-/t62-/m1/s1. The van der Waals surface area contributed by atoms with Crippen molar-refractivity contribution in [3.63, 3.8) is 0 Å². The van der Waals surface area contributed by atoms with Crippen molar-refractivity contribution < 1.29 is 28.6 Å². The first-order valence-electron chi connectivity index (χ1n) is 29.4. The van der Waals surface area contributed by atoms with Crippen LogP contribution in [0.15, 0.2) is 109 Å². The molecule has 0 heterocycles. The highest BCUT2D eigenvalue weighted by Crippen LogP contribution is 2.14. The fraction of sp³-hybridized carbons (Fsp3) is 0.677. The number of rotatable bonds is 52. The van der Waals surface area contributed by atoms with Crippen molar-refractivity contribution in [2.45, 2.75) is 271 Å². The average molecular weight is 986 g/mol. The number of ether oxygens (including phenoxy) is 3. The Hall–Kier alpha value is -3.93. The molecule has 0 amide bonds. The molecule has 0 rings (SSSR count). The minimum atomic E-state index is -0.805. The van der Waals surface area contributed by atoms with Gasteiger partial charge in [-0.3, -0.25) is 14.4 Å². The Balaban J connectivity index is 4.50. The van der Waals surface area contributed by atoms with Crippen LogP contribution in [-0.2, 0) is 28.6 Å². The summed E-state index contributed by atoms with van der Waals surface area (Å²) in [5.74, 6) is -0.952. The van der Waals surface area contributed by atoms with E-state index in [2.05, 4.69) is 130 Å². The zero-order valence-corrected chi connectivity index (χ0v) is 46.2. The molecule has 0 aromatic carbocycles. The molecule has 1 atom stereocenters. The first-order chi connectivity index (χ1) is 35.0. The van der Waals surface area contributed by atoms with E-state index in [1.54, 1.807) is 0 Å². The van der Waals surface area contributed by atoms with Gasteiger partial charge in [0.05, 0.1) is 0 Å². The van der Waals surface area contributed by atoms with Gasteiger partial charge in [0, 0.05) is 19.3 Å². The van der Waals surface area contributed by atoms with Crippen LogP contribution in [0.4, 0.5) is 0 Å². The molecule has 0 saturated carbocycles. The maximum absolute atomic E-state index is 12.9. The third-order valence-electron chi connectivity index (χ3n) is 12.2. The number of esters is 3. The van der Waals surface area contributed by atoms with E-state index < -0.39 is 6.10 Å². The molecule has 0 saturated heterocycles. The molecule has 0 aromatic heterocycles. The van der Waals surface area contributed by atoms with Gasteiger partial charge in [0.15, 0.2) is 6.10 Å². The highest BCUT2D eigenvalue weighted by atomic mass is 16.6. The minimum Gasteiger partial charge on any atom is -0.462 e. The molecule has 0 radical (unpaired) electrons. The SMILES string of the molecule is CC/C=C\C/C=C\C/C=C\C/C=C\C/C=C\CCCCCC(=O)OC[C@@H](COC(=O)CCCCCCC/C=C\CCCCCCCC)OC(=O)CCCCCCCC/C=C\C/C=C\C/C=C\CCCCC. The first-order valence-corrected chi connectivity index (χ1v) is 29.4. The Bertz CT molecular complexity index is 1460. The number of carbonyl (C=O) groups is 3. The van der Waals surface area contributed by atoms with Gasteiger partial charge in [-0.2, -0.15) is 0 Å².